The Hall–Kier alpha value is -2.38. The van der Waals surface area contributed by atoms with Gasteiger partial charge in [-0.1, -0.05) is 6.92 Å². The number of anilines is 1. The van der Waals surface area contributed by atoms with Gasteiger partial charge in [0.05, 0.1) is 10.5 Å². The zero-order valence-corrected chi connectivity index (χ0v) is 14.6. The molecule has 4 rings (SSSR count). The number of hydrogen-bond acceptors (Lipinski definition) is 3. The second-order valence-corrected chi connectivity index (χ2v) is 8.28. The van der Waals surface area contributed by atoms with Crippen LogP contribution >= 0.6 is 0 Å². The number of benzene rings is 1. The van der Waals surface area contributed by atoms with Gasteiger partial charge < -0.3 is 10.3 Å². The number of nitrogens with one attached hydrogen (secondary N) is 2. The Morgan fingerprint density at radius 3 is 2.80 bits per heavy atom. The van der Waals surface area contributed by atoms with Crippen LogP contribution in [0, 0.1) is 0 Å². The zero-order chi connectivity index (χ0) is 17.8. The molecule has 0 spiro atoms. The highest BCUT2D eigenvalue weighted by Crippen LogP contribution is 2.36. The van der Waals surface area contributed by atoms with E-state index >= 15 is 0 Å². The number of aromatic amines is 1. The van der Waals surface area contributed by atoms with Crippen LogP contribution < -0.4 is 10.5 Å². The summed E-state index contributed by atoms with van der Waals surface area (Å²) >= 11 is 0. The first-order chi connectivity index (χ1) is 11.8. The second-order valence-electron chi connectivity index (χ2n) is 6.72. The molecule has 1 aliphatic heterocycles. The van der Waals surface area contributed by atoms with Crippen LogP contribution in [0.2, 0.25) is 0 Å². The van der Waals surface area contributed by atoms with Crippen LogP contribution in [-0.4, -0.2) is 19.3 Å². The number of carbonyl (C=O) groups excluding carboxylic acids is 1. The first-order valence-electron chi connectivity index (χ1n) is 8.25. The maximum absolute atomic E-state index is 12.3. The van der Waals surface area contributed by atoms with Gasteiger partial charge in [-0.2, -0.15) is 0 Å². The topological polar surface area (TPSA) is 105 Å². The molecule has 0 saturated heterocycles. The minimum Gasteiger partial charge on any atom is -0.359 e. The van der Waals surface area contributed by atoms with E-state index in [1.165, 1.54) is 29.8 Å². The number of aryl methyl sites for hydroxylation is 1. The third-order valence-electron chi connectivity index (χ3n) is 4.95. The Morgan fingerprint density at radius 2 is 2.08 bits per heavy atom. The van der Waals surface area contributed by atoms with Crippen molar-refractivity contribution in [3.8, 4) is 0 Å². The summed E-state index contributed by atoms with van der Waals surface area (Å²) in [6.07, 6.45) is 5.12. The summed E-state index contributed by atoms with van der Waals surface area (Å²) in [5, 5.41) is 7.97. The SMILES string of the molecule is CC1CCCc2[nH]c(C=C3C(=O)Nc4ccc(S(N)(=O)=O)cc43)cc21. The molecule has 2 heterocycles. The van der Waals surface area contributed by atoms with E-state index < -0.39 is 10.0 Å². The number of amides is 1. The maximum Gasteiger partial charge on any atom is 0.256 e. The van der Waals surface area contributed by atoms with Crippen molar-refractivity contribution >= 4 is 33.3 Å². The third kappa shape index (κ3) is 2.79. The Kier molecular flexibility index (Phi) is 3.59. The van der Waals surface area contributed by atoms with Gasteiger partial charge in [-0.05, 0) is 61.1 Å². The smallest absolute Gasteiger partial charge is 0.256 e. The van der Waals surface area contributed by atoms with Crippen molar-refractivity contribution in [2.24, 2.45) is 5.14 Å². The number of hydrogen-bond donors (Lipinski definition) is 3. The summed E-state index contributed by atoms with van der Waals surface area (Å²) in [5.74, 6) is 0.257. The van der Waals surface area contributed by atoms with E-state index in [0.717, 1.165) is 18.5 Å². The molecule has 1 atom stereocenters. The number of carbonyl (C=O) groups is 1. The normalized spacial score (nSPS) is 21.1. The van der Waals surface area contributed by atoms with Crippen LogP contribution in [0.15, 0.2) is 29.2 Å². The van der Waals surface area contributed by atoms with E-state index in [1.54, 1.807) is 12.1 Å². The number of rotatable bonds is 2. The van der Waals surface area contributed by atoms with Crippen LogP contribution in [0.25, 0.3) is 11.6 Å². The fraction of sp³-hybridized carbons (Fsp3) is 0.278. The first-order valence-corrected chi connectivity index (χ1v) is 9.79. The van der Waals surface area contributed by atoms with Crippen LogP contribution in [0.1, 0.15) is 48.2 Å². The van der Waals surface area contributed by atoms with Crippen LogP contribution in [0.3, 0.4) is 0 Å². The highest BCUT2D eigenvalue weighted by atomic mass is 32.2. The van der Waals surface area contributed by atoms with Gasteiger partial charge in [0, 0.05) is 22.6 Å². The summed E-state index contributed by atoms with van der Waals surface area (Å²) in [6, 6.07) is 6.49. The van der Waals surface area contributed by atoms with Gasteiger partial charge in [0.25, 0.3) is 5.91 Å². The highest BCUT2D eigenvalue weighted by Gasteiger charge is 2.26. The fourth-order valence-electron chi connectivity index (χ4n) is 3.64. The summed E-state index contributed by atoms with van der Waals surface area (Å²) in [5.41, 5.74) is 4.97. The number of nitrogens with two attached hydrogens (primary N) is 1. The molecule has 130 valence electrons. The molecule has 1 unspecified atom stereocenters. The first kappa shape index (κ1) is 16.1. The van der Waals surface area contributed by atoms with Gasteiger partial charge in [0.2, 0.25) is 10.0 Å². The van der Waals surface area contributed by atoms with Crippen molar-refractivity contribution in [3.05, 3.63) is 46.8 Å². The van der Waals surface area contributed by atoms with Crippen molar-refractivity contribution in [1.29, 1.82) is 0 Å². The Balaban J connectivity index is 1.80. The van der Waals surface area contributed by atoms with Gasteiger partial charge in [-0.3, -0.25) is 4.79 Å². The highest BCUT2D eigenvalue weighted by molar-refractivity contribution is 7.89. The summed E-state index contributed by atoms with van der Waals surface area (Å²) < 4.78 is 23.2. The molecule has 0 bridgehead atoms. The van der Waals surface area contributed by atoms with Gasteiger partial charge in [-0.25, -0.2) is 13.6 Å². The zero-order valence-electron chi connectivity index (χ0n) is 13.8. The lowest BCUT2D eigenvalue weighted by molar-refractivity contribution is -0.110. The molecule has 0 fully saturated rings. The lowest BCUT2D eigenvalue weighted by Gasteiger charge is -2.17. The average Bonchev–Trinajstić information content (AvgIpc) is 3.09. The van der Waals surface area contributed by atoms with E-state index in [4.69, 9.17) is 5.14 Å². The minimum absolute atomic E-state index is 0.00643. The van der Waals surface area contributed by atoms with Crippen LogP contribution in [0.4, 0.5) is 5.69 Å². The number of primary sulfonamides is 1. The molecule has 25 heavy (non-hydrogen) atoms. The standard InChI is InChI=1S/C18H19N3O3S/c1-10-3-2-4-16-13(10)7-11(20-16)8-15-14-9-12(25(19,23)24)5-6-17(14)21-18(15)22/h5-10,20H,2-4H2,1H3,(H,21,22)(H2,19,23,24). The molecule has 6 nitrogen and oxygen atoms in total. The molecule has 1 aromatic heterocycles. The molecule has 0 radical (unpaired) electrons. The molecule has 0 saturated carbocycles. The van der Waals surface area contributed by atoms with E-state index in [0.29, 0.717) is 22.7 Å². The van der Waals surface area contributed by atoms with Crippen molar-refractivity contribution in [2.75, 3.05) is 5.32 Å². The van der Waals surface area contributed by atoms with Gasteiger partial charge in [0.1, 0.15) is 0 Å². The predicted octanol–water partition coefficient (Wildman–Crippen LogP) is 2.59. The monoisotopic (exact) mass is 357 g/mol. The van der Waals surface area contributed by atoms with Gasteiger partial charge >= 0.3 is 0 Å². The Labute approximate surface area is 146 Å². The number of H-pyrrole nitrogens is 1. The maximum atomic E-state index is 12.3. The molecule has 2 aliphatic rings. The fourth-order valence-corrected chi connectivity index (χ4v) is 4.18. The summed E-state index contributed by atoms with van der Waals surface area (Å²) in [4.78, 5) is 15.7. The van der Waals surface area contributed by atoms with E-state index in [2.05, 4.69) is 23.3 Å². The van der Waals surface area contributed by atoms with Crippen molar-refractivity contribution in [2.45, 2.75) is 37.0 Å². The average molecular weight is 357 g/mol. The molecular formula is C18H19N3O3S. The molecule has 1 aliphatic carbocycles. The molecule has 2 aromatic rings. The second kappa shape index (κ2) is 5.57. The third-order valence-corrected chi connectivity index (χ3v) is 5.86. The largest absolute Gasteiger partial charge is 0.359 e. The predicted molar refractivity (Wildman–Crippen MR) is 96.5 cm³/mol. The van der Waals surface area contributed by atoms with E-state index in [-0.39, 0.29) is 10.8 Å². The van der Waals surface area contributed by atoms with Crippen LogP contribution in [0.5, 0.6) is 0 Å². The van der Waals surface area contributed by atoms with Crippen LogP contribution in [-0.2, 0) is 21.2 Å². The van der Waals surface area contributed by atoms with Crippen molar-refractivity contribution in [1.82, 2.24) is 4.98 Å². The van der Waals surface area contributed by atoms with Gasteiger partial charge in [0.15, 0.2) is 0 Å². The Morgan fingerprint density at radius 1 is 1.28 bits per heavy atom. The lowest BCUT2D eigenvalue weighted by atomic mass is 9.88. The molecule has 1 amide bonds. The van der Waals surface area contributed by atoms with E-state index in [1.807, 2.05) is 0 Å². The number of fused-ring (bicyclic) bond motifs is 2. The molecule has 4 N–H and O–H groups in total. The van der Waals surface area contributed by atoms with Crippen molar-refractivity contribution < 1.29 is 13.2 Å². The summed E-state index contributed by atoms with van der Waals surface area (Å²) in [6.45, 7) is 2.21. The van der Waals surface area contributed by atoms with Crippen molar-refractivity contribution in [3.63, 3.8) is 0 Å². The molecule has 1 aromatic carbocycles. The summed E-state index contributed by atoms with van der Waals surface area (Å²) in [7, 11) is -3.82. The molecule has 7 heteroatoms. The molecular weight excluding hydrogens is 338 g/mol. The van der Waals surface area contributed by atoms with Gasteiger partial charge in [-0.15, -0.1) is 0 Å². The lowest BCUT2D eigenvalue weighted by Crippen LogP contribution is -2.12. The quantitative estimate of drug-likeness (QED) is 0.719. The number of aromatic nitrogens is 1. The minimum atomic E-state index is -3.82. The number of sulfonamides is 1. The van der Waals surface area contributed by atoms with E-state index in [9.17, 15) is 13.2 Å². The Bertz CT molecular complexity index is 1020.